The van der Waals surface area contributed by atoms with Crippen LogP contribution in [0.5, 0.6) is 5.75 Å². The summed E-state index contributed by atoms with van der Waals surface area (Å²) in [6, 6.07) is 16.3. The average molecular weight is 342 g/mol. The van der Waals surface area contributed by atoms with Gasteiger partial charge < -0.3 is 10.1 Å². The van der Waals surface area contributed by atoms with E-state index in [2.05, 4.69) is 22.3 Å². The van der Waals surface area contributed by atoms with Crippen molar-refractivity contribution in [3.63, 3.8) is 0 Å². The van der Waals surface area contributed by atoms with Gasteiger partial charge in [-0.1, -0.05) is 30.3 Å². The molecule has 3 rings (SSSR count). The number of nitrogens with zero attached hydrogens (tertiary/aromatic N) is 1. The molecular weight excluding hydrogens is 319 g/mol. The summed E-state index contributed by atoms with van der Waals surface area (Å²) in [5, 5.41) is 2.95. The maximum absolute atomic E-state index is 12.9. The Bertz CT molecular complexity index is 676. The van der Waals surface area contributed by atoms with Crippen LogP contribution in [-0.4, -0.2) is 37.0 Å². The monoisotopic (exact) mass is 342 g/mol. The second kappa shape index (κ2) is 8.62. The average Bonchev–Trinajstić information content (AvgIpc) is 2.82. The molecule has 132 valence electrons. The van der Waals surface area contributed by atoms with Crippen molar-refractivity contribution < 1.29 is 13.9 Å². The Morgan fingerprint density at radius 3 is 2.64 bits per heavy atom. The van der Waals surface area contributed by atoms with Crippen molar-refractivity contribution >= 4 is 5.91 Å². The summed E-state index contributed by atoms with van der Waals surface area (Å²) in [4.78, 5) is 14.3. The number of ether oxygens (including phenoxy) is 1. The summed E-state index contributed by atoms with van der Waals surface area (Å²) in [5.74, 6) is 0.507. The first-order valence-electron chi connectivity index (χ1n) is 8.66. The van der Waals surface area contributed by atoms with Crippen LogP contribution in [0.3, 0.4) is 0 Å². The maximum atomic E-state index is 12.9. The third kappa shape index (κ3) is 5.03. The van der Waals surface area contributed by atoms with Crippen LogP contribution < -0.4 is 10.1 Å². The molecule has 0 saturated carbocycles. The molecule has 1 amide bonds. The van der Waals surface area contributed by atoms with E-state index in [9.17, 15) is 9.18 Å². The molecule has 0 aromatic heterocycles. The van der Waals surface area contributed by atoms with Crippen molar-refractivity contribution in [1.82, 2.24) is 10.2 Å². The molecule has 0 spiro atoms. The van der Waals surface area contributed by atoms with Crippen molar-refractivity contribution in [3.8, 4) is 5.75 Å². The fraction of sp³-hybridized carbons (Fsp3) is 0.350. The Balaban J connectivity index is 1.56. The molecule has 5 heteroatoms. The third-order valence-electron chi connectivity index (χ3n) is 4.40. The number of carbonyl (C=O) groups excluding carboxylic acids is 1. The Morgan fingerprint density at radius 2 is 1.88 bits per heavy atom. The van der Waals surface area contributed by atoms with Gasteiger partial charge in [-0.05, 0) is 36.2 Å². The number of hydrogen-bond acceptors (Lipinski definition) is 3. The molecular formula is C20H23FN2O2. The standard InChI is InChI=1S/C20H23FN2O2/c21-17-7-9-18(10-8-17)25-14-4-12-23-13-11-22-20(24)15-19(23)16-5-2-1-3-6-16/h1-3,5-10,19H,4,11-15H2,(H,22,24). The van der Waals surface area contributed by atoms with Gasteiger partial charge in [0.05, 0.1) is 6.61 Å². The Hall–Kier alpha value is -2.40. The molecule has 1 unspecified atom stereocenters. The summed E-state index contributed by atoms with van der Waals surface area (Å²) in [7, 11) is 0. The molecule has 1 heterocycles. The van der Waals surface area contributed by atoms with Crippen LogP contribution in [0, 0.1) is 5.82 Å². The molecule has 2 aromatic carbocycles. The molecule has 4 nitrogen and oxygen atoms in total. The number of amides is 1. The molecule has 25 heavy (non-hydrogen) atoms. The third-order valence-corrected chi connectivity index (χ3v) is 4.40. The molecule has 0 aliphatic carbocycles. The second-order valence-electron chi connectivity index (χ2n) is 6.17. The summed E-state index contributed by atoms with van der Waals surface area (Å²) >= 11 is 0. The molecule has 0 radical (unpaired) electrons. The summed E-state index contributed by atoms with van der Waals surface area (Å²) < 4.78 is 18.6. The van der Waals surface area contributed by atoms with E-state index in [1.807, 2.05) is 18.2 Å². The highest BCUT2D eigenvalue weighted by molar-refractivity contribution is 5.77. The minimum Gasteiger partial charge on any atom is -0.494 e. The van der Waals surface area contributed by atoms with Gasteiger partial charge >= 0.3 is 0 Å². The molecule has 1 aliphatic rings. The quantitative estimate of drug-likeness (QED) is 0.820. The SMILES string of the molecule is O=C1CC(c2ccccc2)N(CCCOc2ccc(F)cc2)CCN1. The Morgan fingerprint density at radius 1 is 1.12 bits per heavy atom. The number of nitrogens with one attached hydrogen (secondary N) is 1. The van der Waals surface area contributed by atoms with E-state index in [0.717, 1.165) is 19.5 Å². The summed E-state index contributed by atoms with van der Waals surface area (Å²) in [6.45, 7) is 2.89. The molecule has 1 N–H and O–H groups in total. The fourth-order valence-corrected chi connectivity index (χ4v) is 3.13. The maximum Gasteiger partial charge on any atom is 0.221 e. The smallest absolute Gasteiger partial charge is 0.221 e. The van der Waals surface area contributed by atoms with Gasteiger partial charge in [0.1, 0.15) is 11.6 Å². The zero-order valence-corrected chi connectivity index (χ0v) is 14.2. The van der Waals surface area contributed by atoms with Crippen molar-refractivity contribution in [2.75, 3.05) is 26.2 Å². The lowest BCUT2D eigenvalue weighted by Crippen LogP contribution is -2.32. The fourth-order valence-electron chi connectivity index (χ4n) is 3.13. The summed E-state index contributed by atoms with van der Waals surface area (Å²) in [6.07, 6.45) is 1.32. The van der Waals surface area contributed by atoms with Gasteiger partial charge in [0.2, 0.25) is 5.91 Å². The highest BCUT2D eigenvalue weighted by Gasteiger charge is 2.25. The lowest BCUT2D eigenvalue weighted by Gasteiger charge is -2.29. The number of hydrogen-bond donors (Lipinski definition) is 1. The molecule has 1 atom stereocenters. The molecule has 0 bridgehead atoms. The van der Waals surface area contributed by atoms with Gasteiger partial charge in [0.15, 0.2) is 0 Å². The van der Waals surface area contributed by atoms with Crippen molar-refractivity contribution in [2.24, 2.45) is 0 Å². The van der Waals surface area contributed by atoms with Crippen LogP contribution in [-0.2, 0) is 4.79 Å². The largest absolute Gasteiger partial charge is 0.494 e. The molecule has 1 aliphatic heterocycles. The van der Waals surface area contributed by atoms with Gasteiger partial charge in [-0.2, -0.15) is 0 Å². The van der Waals surface area contributed by atoms with Gasteiger partial charge in [-0.3, -0.25) is 9.69 Å². The number of carbonyl (C=O) groups is 1. The van der Waals surface area contributed by atoms with Crippen molar-refractivity contribution in [3.05, 3.63) is 66.0 Å². The van der Waals surface area contributed by atoms with E-state index in [-0.39, 0.29) is 17.8 Å². The van der Waals surface area contributed by atoms with Crippen molar-refractivity contribution in [1.29, 1.82) is 0 Å². The molecule has 2 aromatic rings. The van der Waals surface area contributed by atoms with E-state index in [0.29, 0.717) is 25.3 Å². The van der Waals surface area contributed by atoms with Crippen LogP contribution in [0.15, 0.2) is 54.6 Å². The lowest BCUT2D eigenvalue weighted by atomic mass is 10.0. The van der Waals surface area contributed by atoms with Gasteiger partial charge in [0.25, 0.3) is 0 Å². The molecule has 1 saturated heterocycles. The minimum atomic E-state index is -0.264. The lowest BCUT2D eigenvalue weighted by molar-refractivity contribution is -0.121. The zero-order chi connectivity index (χ0) is 17.5. The predicted octanol–water partition coefficient (Wildman–Crippen LogP) is 3.16. The van der Waals surface area contributed by atoms with Crippen LogP contribution >= 0.6 is 0 Å². The van der Waals surface area contributed by atoms with E-state index in [4.69, 9.17) is 4.74 Å². The first kappa shape index (κ1) is 17.4. The second-order valence-corrected chi connectivity index (χ2v) is 6.17. The molecule has 1 fully saturated rings. The van der Waals surface area contributed by atoms with Gasteiger partial charge in [-0.25, -0.2) is 4.39 Å². The first-order valence-corrected chi connectivity index (χ1v) is 8.66. The van der Waals surface area contributed by atoms with Crippen LogP contribution in [0.25, 0.3) is 0 Å². The van der Waals surface area contributed by atoms with Crippen LogP contribution in [0.1, 0.15) is 24.4 Å². The topological polar surface area (TPSA) is 41.6 Å². The number of halogens is 1. The Kier molecular flexibility index (Phi) is 6.01. The zero-order valence-electron chi connectivity index (χ0n) is 14.2. The van der Waals surface area contributed by atoms with Crippen LogP contribution in [0.4, 0.5) is 4.39 Å². The number of benzene rings is 2. The minimum absolute atomic E-state index is 0.0921. The highest BCUT2D eigenvalue weighted by Crippen LogP contribution is 2.25. The van der Waals surface area contributed by atoms with Crippen molar-refractivity contribution in [2.45, 2.75) is 18.9 Å². The highest BCUT2D eigenvalue weighted by atomic mass is 19.1. The Labute approximate surface area is 147 Å². The number of rotatable bonds is 6. The van der Waals surface area contributed by atoms with E-state index in [1.165, 1.54) is 17.7 Å². The first-order chi connectivity index (χ1) is 12.2. The van der Waals surface area contributed by atoms with E-state index in [1.54, 1.807) is 12.1 Å². The summed E-state index contributed by atoms with van der Waals surface area (Å²) in [5.41, 5.74) is 1.17. The van der Waals surface area contributed by atoms with Gasteiger partial charge in [-0.15, -0.1) is 0 Å². The van der Waals surface area contributed by atoms with Crippen LogP contribution in [0.2, 0.25) is 0 Å². The normalized spacial score (nSPS) is 18.4. The van der Waals surface area contributed by atoms with E-state index >= 15 is 0 Å². The van der Waals surface area contributed by atoms with Gasteiger partial charge in [0, 0.05) is 32.1 Å². The predicted molar refractivity (Wildman–Crippen MR) is 94.9 cm³/mol. The van der Waals surface area contributed by atoms with E-state index < -0.39 is 0 Å².